The van der Waals surface area contributed by atoms with Crippen molar-refractivity contribution in [3.63, 3.8) is 0 Å². The van der Waals surface area contributed by atoms with Crippen molar-refractivity contribution in [2.24, 2.45) is 0 Å². The molecular weight excluding hydrogens is 345 g/mol. The fourth-order valence-corrected chi connectivity index (χ4v) is 2.37. The van der Waals surface area contributed by atoms with E-state index in [0.717, 1.165) is 0 Å². The van der Waals surface area contributed by atoms with Crippen molar-refractivity contribution in [3.05, 3.63) is 58.9 Å². The average molecular weight is 364 g/mol. The lowest BCUT2D eigenvalue weighted by Gasteiger charge is -2.12. The van der Waals surface area contributed by atoms with Crippen LogP contribution in [0.15, 0.2) is 42.5 Å². The van der Waals surface area contributed by atoms with Crippen molar-refractivity contribution >= 4 is 29.3 Å². The Bertz CT molecular complexity index is 757. The fraction of sp³-hybridized carbons (Fsp3) is 0.211. The van der Waals surface area contributed by atoms with E-state index >= 15 is 0 Å². The van der Waals surface area contributed by atoms with Crippen molar-refractivity contribution in [1.29, 1.82) is 0 Å². The van der Waals surface area contributed by atoms with Gasteiger partial charge in [-0.15, -0.1) is 0 Å². The van der Waals surface area contributed by atoms with Gasteiger partial charge in [0.25, 0.3) is 0 Å². The van der Waals surface area contributed by atoms with Crippen LogP contribution in [0.5, 0.6) is 11.5 Å². The second kappa shape index (κ2) is 9.08. The maximum Gasteiger partial charge on any atom is 0.248 e. The highest BCUT2D eigenvalue weighted by molar-refractivity contribution is 6.32. The van der Waals surface area contributed by atoms with Crippen molar-refractivity contribution in [1.82, 2.24) is 0 Å². The summed E-state index contributed by atoms with van der Waals surface area (Å²) in [5, 5.41) is 2.93. The lowest BCUT2D eigenvalue weighted by molar-refractivity contribution is -0.111. The first-order valence-corrected chi connectivity index (χ1v) is 8.25. The Morgan fingerprint density at radius 3 is 2.56 bits per heavy atom. The smallest absolute Gasteiger partial charge is 0.248 e. The van der Waals surface area contributed by atoms with Crippen LogP contribution in [0.2, 0.25) is 5.02 Å². The van der Waals surface area contributed by atoms with Gasteiger partial charge in [-0.05, 0) is 44.2 Å². The van der Waals surface area contributed by atoms with Gasteiger partial charge in [-0.3, -0.25) is 4.79 Å². The van der Waals surface area contributed by atoms with Crippen LogP contribution in [0.25, 0.3) is 6.08 Å². The number of halogens is 2. The van der Waals surface area contributed by atoms with Gasteiger partial charge in [0, 0.05) is 23.4 Å². The van der Waals surface area contributed by atoms with Crippen LogP contribution < -0.4 is 14.8 Å². The van der Waals surface area contributed by atoms with Gasteiger partial charge in [0.05, 0.1) is 18.2 Å². The van der Waals surface area contributed by atoms with E-state index in [1.165, 1.54) is 24.3 Å². The number of nitrogens with one attached hydrogen (secondary N) is 1. The van der Waals surface area contributed by atoms with Crippen LogP contribution in [0.3, 0.4) is 0 Å². The van der Waals surface area contributed by atoms with Crippen LogP contribution in [-0.4, -0.2) is 19.1 Å². The molecule has 0 atom stereocenters. The molecule has 2 aromatic carbocycles. The maximum atomic E-state index is 13.7. The van der Waals surface area contributed by atoms with Gasteiger partial charge in [-0.2, -0.15) is 0 Å². The SMILES string of the molecule is CCOc1ccc(NC(=O)/C=C/c2c(F)cccc2Cl)cc1OCC. The monoisotopic (exact) mass is 363 g/mol. The molecule has 0 heterocycles. The number of carbonyl (C=O) groups is 1. The Balaban J connectivity index is 2.12. The Morgan fingerprint density at radius 2 is 1.88 bits per heavy atom. The molecule has 0 aliphatic heterocycles. The molecular formula is C19H19ClFNO3. The minimum atomic E-state index is -0.490. The number of hydrogen-bond donors (Lipinski definition) is 1. The zero-order valence-corrected chi connectivity index (χ0v) is 14.8. The maximum absolute atomic E-state index is 13.7. The van der Waals surface area contributed by atoms with Gasteiger partial charge < -0.3 is 14.8 Å². The molecule has 0 bridgehead atoms. The summed E-state index contributed by atoms with van der Waals surface area (Å²) in [4.78, 5) is 12.1. The van der Waals surface area contributed by atoms with E-state index in [9.17, 15) is 9.18 Å². The lowest BCUT2D eigenvalue weighted by Crippen LogP contribution is -2.08. The number of hydrogen-bond acceptors (Lipinski definition) is 3. The molecule has 0 spiro atoms. The molecule has 132 valence electrons. The Morgan fingerprint density at radius 1 is 1.16 bits per heavy atom. The van der Waals surface area contributed by atoms with Crippen LogP contribution in [-0.2, 0) is 4.79 Å². The first kappa shape index (κ1) is 18.8. The molecule has 0 saturated heterocycles. The van der Waals surface area contributed by atoms with E-state index in [1.54, 1.807) is 24.3 Å². The van der Waals surface area contributed by atoms with E-state index < -0.39 is 11.7 Å². The summed E-state index contributed by atoms with van der Waals surface area (Å²) < 4.78 is 24.7. The average Bonchev–Trinajstić information content (AvgIpc) is 2.57. The number of anilines is 1. The van der Waals surface area contributed by atoms with Crippen molar-refractivity contribution in [3.8, 4) is 11.5 Å². The third kappa shape index (κ3) is 5.22. The number of benzene rings is 2. The first-order chi connectivity index (χ1) is 12.0. The van der Waals surface area contributed by atoms with E-state index in [-0.39, 0.29) is 10.6 Å². The van der Waals surface area contributed by atoms with Crippen molar-refractivity contribution in [2.75, 3.05) is 18.5 Å². The highest BCUT2D eigenvalue weighted by Crippen LogP contribution is 2.30. The zero-order chi connectivity index (χ0) is 18.2. The van der Waals surface area contributed by atoms with Gasteiger partial charge in [0.1, 0.15) is 5.82 Å². The minimum absolute atomic E-state index is 0.168. The van der Waals surface area contributed by atoms with E-state index in [2.05, 4.69) is 5.32 Å². The summed E-state index contributed by atoms with van der Waals surface area (Å²) in [6.07, 6.45) is 2.56. The summed E-state index contributed by atoms with van der Waals surface area (Å²) in [7, 11) is 0. The van der Waals surface area contributed by atoms with E-state index in [4.69, 9.17) is 21.1 Å². The van der Waals surface area contributed by atoms with Gasteiger partial charge in [0.15, 0.2) is 11.5 Å². The lowest BCUT2D eigenvalue weighted by atomic mass is 10.2. The van der Waals surface area contributed by atoms with Gasteiger partial charge in [-0.1, -0.05) is 17.7 Å². The molecule has 25 heavy (non-hydrogen) atoms. The number of ether oxygens (including phenoxy) is 2. The molecule has 1 N–H and O–H groups in total. The third-order valence-corrected chi connectivity index (χ3v) is 3.54. The summed E-state index contributed by atoms with van der Waals surface area (Å²) >= 11 is 5.92. The predicted molar refractivity (Wildman–Crippen MR) is 97.9 cm³/mol. The number of rotatable bonds is 7. The van der Waals surface area contributed by atoms with Crippen LogP contribution >= 0.6 is 11.6 Å². The predicted octanol–water partition coefficient (Wildman–Crippen LogP) is 4.93. The summed E-state index contributed by atoms with van der Waals surface area (Å²) in [5.74, 6) is 0.251. The van der Waals surface area contributed by atoms with Crippen LogP contribution in [0, 0.1) is 5.82 Å². The minimum Gasteiger partial charge on any atom is -0.490 e. The molecule has 2 rings (SSSR count). The number of amides is 1. The largest absolute Gasteiger partial charge is 0.490 e. The molecule has 0 unspecified atom stereocenters. The second-order valence-corrected chi connectivity index (χ2v) is 5.39. The number of carbonyl (C=O) groups excluding carboxylic acids is 1. The molecule has 0 saturated carbocycles. The highest BCUT2D eigenvalue weighted by Gasteiger charge is 2.08. The topological polar surface area (TPSA) is 47.6 Å². The molecule has 0 aliphatic rings. The Labute approximate surface area is 151 Å². The van der Waals surface area contributed by atoms with Gasteiger partial charge in [-0.25, -0.2) is 4.39 Å². The van der Waals surface area contributed by atoms with Crippen LogP contribution in [0.1, 0.15) is 19.4 Å². The van der Waals surface area contributed by atoms with Crippen molar-refractivity contribution in [2.45, 2.75) is 13.8 Å². The van der Waals surface area contributed by atoms with E-state index in [1.807, 2.05) is 13.8 Å². The first-order valence-electron chi connectivity index (χ1n) is 7.87. The molecule has 0 fully saturated rings. The molecule has 4 nitrogen and oxygen atoms in total. The van der Waals surface area contributed by atoms with Crippen LogP contribution in [0.4, 0.5) is 10.1 Å². The molecule has 6 heteroatoms. The third-order valence-electron chi connectivity index (χ3n) is 3.21. The summed E-state index contributed by atoms with van der Waals surface area (Å²) in [5.41, 5.74) is 0.710. The molecule has 0 aromatic heterocycles. The normalized spacial score (nSPS) is 10.7. The molecule has 2 aromatic rings. The molecule has 0 aliphatic carbocycles. The summed E-state index contributed by atoms with van der Waals surface area (Å²) in [6, 6.07) is 9.45. The highest BCUT2D eigenvalue weighted by atomic mass is 35.5. The quantitative estimate of drug-likeness (QED) is 0.709. The molecule has 1 amide bonds. The Hall–Kier alpha value is -2.53. The van der Waals surface area contributed by atoms with Gasteiger partial charge >= 0.3 is 0 Å². The molecule has 0 radical (unpaired) electrons. The zero-order valence-electron chi connectivity index (χ0n) is 14.0. The summed E-state index contributed by atoms with van der Waals surface area (Å²) in [6.45, 7) is 4.73. The van der Waals surface area contributed by atoms with E-state index in [0.29, 0.717) is 30.4 Å². The standard InChI is InChI=1S/C19H19ClFNO3/c1-3-24-17-10-8-13(12-18(17)25-4-2)22-19(23)11-9-14-15(20)6-5-7-16(14)21/h5-12H,3-4H2,1-2H3,(H,22,23)/b11-9+. The fourth-order valence-electron chi connectivity index (χ4n) is 2.14. The second-order valence-electron chi connectivity index (χ2n) is 4.99. The van der Waals surface area contributed by atoms with Crippen molar-refractivity contribution < 1.29 is 18.7 Å². The Kier molecular flexibility index (Phi) is 6.83. The van der Waals surface area contributed by atoms with Gasteiger partial charge in [0.2, 0.25) is 5.91 Å².